The lowest BCUT2D eigenvalue weighted by Crippen LogP contribution is -2.27. The molecule has 0 aliphatic carbocycles. The smallest absolute Gasteiger partial charge is 0.349 e. The average molecular weight is 350 g/mol. The van der Waals surface area contributed by atoms with E-state index in [1.165, 1.54) is 18.4 Å². The summed E-state index contributed by atoms with van der Waals surface area (Å²) in [6.07, 6.45) is 5.23. The SMILES string of the molecule is COC(=O)c1cnc(N2C[C@@H]3OCC(n4cccn4)CO[C@H]3C2)s1. The zero-order valence-corrected chi connectivity index (χ0v) is 14.0. The summed E-state index contributed by atoms with van der Waals surface area (Å²) >= 11 is 1.33. The number of hydrogen-bond acceptors (Lipinski definition) is 8. The number of esters is 1. The molecule has 2 aromatic rings. The Labute approximate surface area is 142 Å². The first-order valence-electron chi connectivity index (χ1n) is 7.76. The second-order valence-electron chi connectivity index (χ2n) is 5.79. The summed E-state index contributed by atoms with van der Waals surface area (Å²) in [6.45, 7) is 2.54. The molecule has 0 radical (unpaired) electrons. The second kappa shape index (κ2) is 6.50. The molecule has 128 valence electrons. The van der Waals surface area contributed by atoms with E-state index in [-0.39, 0.29) is 24.2 Å². The fourth-order valence-corrected chi connectivity index (χ4v) is 3.85. The van der Waals surface area contributed by atoms with Crippen molar-refractivity contribution in [3.63, 3.8) is 0 Å². The number of thiazole rings is 1. The van der Waals surface area contributed by atoms with Crippen molar-refractivity contribution in [1.29, 1.82) is 0 Å². The minimum absolute atomic E-state index is 0.00367. The van der Waals surface area contributed by atoms with Gasteiger partial charge in [-0.1, -0.05) is 11.3 Å². The Morgan fingerprint density at radius 2 is 2.08 bits per heavy atom. The standard InChI is InChI=1S/C15H18N4O4S/c1-21-14(20)13-5-16-15(24-13)18-6-11-12(7-18)23-9-10(8-22-11)19-4-2-3-17-19/h2-5,10-12H,6-9H2,1H3/t11-,12-/m0/s1. The molecule has 0 unspecified atom stereocenters. The zero-order chi connectivity index (χ0) is 16.5. The van der Waals surface area contributed by atoms with Crippen LogP contribution < -0.4 is 4.90 Å². The summed E-state index contributed by atoms with van der Waals surface area (Å²) in [7, 11) is 1.37. The maximum absolute atomic E-state index is 11.6. The summed E-state index contributed by atoms with van der Waals surface area (Å²) in [5.41, 5.74) is 0. The molecule has 4 rings (SSSR count). The zero-order valence-electron chi connectivity index (χ0n) is 13.2. The largest absolute Gasteiger partial charge is 0.465 e. The van der Waals surface area contributed by atoms with Crippen LogP contribution in [0.25, 0.3) is 0 Å². The van der Waals surface area contributed by atoms with Crippen molar-refractivity contribution < 1.29 is 19.0 Å². The number of aromatic nitrogens is 3. The van der Waals surface area contributed by atoms with Crippen molar-refractivity contribution in [3.05, 3.63) is 29.5 Å². The van der Waals surface area contributed by atoms with Gasteiger partial charge in [0.2, 0.25) is 0 Å². The number of anilines is 1. The fourth-order valence-electron chi connectivity index (χ4n) is 2.99. The maximum Gasteiger partial charge on any atom is 0.349 e. The number of hydrogen-bond donors (Lipinski definition) is 0. The Morgan fingerprint density at radius 3 is 2.71 bits per heavy atom. The number of fused-ring (bicyclic) bond motifs is 1. The molecule has 2 saturated heterocycles. The Morgan fingerprint density at radius 1 is 1.33 bits per heavy atom. The van der Waals surface area contributed by atoms with Crippen LogP contribution in [0, 0.1) is 0 Å². The van der Waals surface area contributed by atoms with Gasteiger partial charge in [-0.15, -0.1) is 0 Å². The van der Waals surface area contributed by atoms with Crippen molar-refractivity contribution in [3.8, 4) is 0 Å². The van der Waals surface area contributed by atoms with Crippen molar-refractivity contribution in [2.45, 2.75) is 18.2 Å². The molecule has 24 heavy (non-hydrogen) atoms. The van der Waals surface area contributed by atoms with E-state index in [1.807, 2.05) is 16.9 Å². The number of rotatable bonds is 3. The van der Waals surface area contributed by atoms with Gasteiger partial charge in [-0.2, -0.15) is 5.10 Å². The number of methoxy groups -OCH3 is 1. The summed E-state index contributed by atoms with van der Waals surface area (Å²) in [6, 6.07) is 2.00. The minimum atomic E-state index is -0.360. The van der Waals surface area contributed by atoms with E-state index in [0.29, 0.717) is 31.2 Å². The maximum atomic E-state index is 11.6. The average Bonchev–Trinajstić information content (AvgIpc) is 3.33. The molecule has 2 atom stereocenters. The lowest BCUT2D eigenvalue weighted by atomic mass is 10.3. The molecule has 8 nitrogen and oxygen atoms in total. The highest BCUT2D eigenvalue weighted by Crippen LogP contribution is 2.30. The van der Waals surface area contributed by atoms with Gasteiger partial charge in [0, 0.05) is 25.5 Å². The van der Waals surface area contributed by atoms with Gasteiger partial charge < -0.3 is 19.1 Å². The highest BCUT2D eigenvalue weighted by Gasteiger charge is 2.39. The predicted octanol–water partition coefficient (Wildman–Crippen LogP) is 0.971. The third-order valence-corrected chi connectivity index (χ3v) is 5.31. The van der Waals surface area contributed by atoms with Crippen LogP contribution in [-0.4, -0.2) is 66.4 Å². The van der Waals surface area contributed by atoms with Gasteiger partial charge in [-0.3, -0.25) is 4.68 Å². The van der Waals surface area contributed by atoms with Gasteiger partial charge in [0.15, 0.2) is 5.13 Å². The molecular weight excluding hydrogens is 332 g/mol. The molecule has 0 saturated carbocycles. The van der Waals surface area contributed by atoms with Gasteiger partial charge in [-0.25, -0.2) is 9.78 Å². The Hall–Kier alpha value is -1.97. The Balaban J connectivity index is 1.41. The van der Waals surface area contributed by atoms with Crippen LogP contribution >= 0.6 is 11.3 Å². The molecule has 2 fully saturated rings. The quantitative estimate of drug-likeness (QED) is 0.763. The van der Waals surface area contributed by atoms with Gasteiger partial charge >= 0.3 is 5.97 Å². The Kier molecular flexibility index (Phi) is 4.21. The van der Waals surface area contributed by atoms with E-state index in [2.05, 4.69) is 15.0 Å². The first-order valence-corrected chi connectivity index (χ1v) is 8.57. The van der Waals surface area contributed by atoms with Crippen LogP contribution in [0.5, 0.6) is 0 Å². The lowest BCUT2D eigenvalue weighted by Gasteiger charge is -2.18. The topological polar surface area (TPSA) is 78.7 Å². The van der Waals surface area contributed by atoms with Crippen molar-refractivity contribution in [1.82, 2.24) is 14.8 Å². The number of carbonyl (C=O) groups excluding carboxylic acids is 1. The van der Waals surface area contributed by atoms with E-state index in [4.69, 9.17) is 14.2 Å². The lowest BCUT2D eigenvalue weighted by molar-refractivity contribution is -0.00461. The van der Waals surface area contributed by atoms with E-state index < -0.39 is 0 Å². The van der Waals surface area contributed by atoms with Crippen LogP contribution in [0.3, 0.4) is 0 Å². The van der Waals surface area contributed by atoms with Gasteiger partial charge in [-0.05, 0) is 6.07 Å². The molecular formula is C15H18N4O4S. The van der Waals surface area contributed by atoms with Crippen LogP contribution in [0.15, 0.2) is 24.7 Å². The van der Waals surface area contributed by atoms with E-state index in [0.717, 1.165) is 5.13 Å². The molecule has 0 bridgehead atoms. The molecule has 2 aliphatic heterocycles. The third-order valence-electron chi connectivity index (χ3n) is 4.27. The van der Waals surface area contributed by atoms with Crippen molar-refractivity contribution in [2.24, 2.45) is 0 Å². The summed E-state index contributed by atoms with van der Waals surface area (Å²) in [4.78, 5) is 18.5. The molecule has 0 N–H and O–H groups in total. The van der Waals surface area contributed by atoms with Crippen LogP contribution in [0.4, 0.5) is 5.13 Å². The second-order valence-corrected chi connectivity index (χ2v) is 6.80. The van der Waals surface area contributed by atoms with Gasteiger partial charge in [0.1, 0.15) is 17.1 Å². The summed E-state index contributed by atoms with van der Waals surface area (Å²) in [5, 5.41) is 5.05. The van der Waals surface area contributed by atoms with E-state index >= 15 is 0 Å². The van der Waals surface area contributed by atoms with Crippen molar-refractivity contribution >= 4 is 22.4 Å². The molecule has 9 heteroatoms. The first kappa shape index (κ1) is 15.6. The fraction of sp³-hybridized carbons (Fsp3) is 0.533. The van der Waals surface area contributed by atoms with Gasteiger partial charge in [0.05, 0.1) is 32.6 Å². The molecule has 0 spiro atoms. The summed E-state index contributed by atoms with van der Waals surface area (Å²) in [5.74, 6) is -0.360. The monoisotopic (exact) mass is 350 g/mol. The van der Waals surface area contributed by atoms with E-state index in [9.17, 15) is 4.79 Å². The summed E-state index contributed by atoms with van der Waals surface area (Å²) < 4.78 is 18.7. The molecule has 4 heterocycles. The predicted molar refractivity (Wildman–Crippen MR) is 86.4 cm³/mol. The van der Waals surface area contributed by atoms with Crippen LogP contribution in [0.2, 0.25) is 0 Å². The third kappa shape index (κ3) is 2.90. The number of carbonyl (C=O) groups is 1. The molecule has 2 aromatic heterocycles. The first-order chi connectivity index (χ1) is 11.7. The number of ether oxygens (including phenoxy) is 3. The molecule has 2 aliphatic rings. The molecule has 0 aromatic carbocycles. The number of nitrogens with zero attached hydrogens (tertiary/aromatic N) is 4. The highest BCUT2D eigenvalue weighted by molar-refractivity contribution is 7.17. The van der Waals surface area contributed by atoms with Crippen molar-refractivity contribution in [2.75, 3.05) is 38.3 Å². The molecule has 0 amide bonds. The van der Waals surface area contributed by atoms with Crippen LogP contribution in [-0.2, 0) is 14.2 Å². The van der Waals surface area contributed by atoms with Gasteiger partial charge in [0.25, 0.3) is 0 Å². The highest BCUT2D eigenvalue weighted by atomic mass is 32.1. The van der Waals surface area contributed by atoms with E-state index in [1.54, 1.807) is 12.4 Å². The normalized spacial score (nSPS) is 24.6. The minimum Gasteiger partial charge on any atom is -0.465 e. The Bertz CT molecular complexity index is 688. The van der Waals surface area contributed by atoms with Crippen LogP contribution in [0.1, 0.15) is 15.7 Å².